The fourth-order valence-electron chi connectivity index (χ4n) is 3.31. The zero-order chi connectivity index (χ0) is 19.3. The van der Waals surface area contributed by atoms with Crippen LogP contribution in [-0.2, 0) is 11.2 Å². The van der Waals surface area contributed by atoms with E-state index in [-0.39, 0.29) is 11.7 Å². The van der Waals surface area contributed by atoms with Gasteiger partial charge in [0.05, 0.1) is 24.0 Å². The molecule has 0 spiro atoms. The molecule has 1 saturated heterocycles. The Balaban J connectivity index is 1.32. The molecule has 1 N–H and O–H groups in total. The number of halogens is 1. The van der Waals surface area contributed by atoms with E-state index in [0.29, 0.717) is 17.8 Å². The molecule has 0 atom stereocenters. The number of carbonyl (C=O) groups excluding carboxylic acids is 1. The lowest BCUT2D eigenvalue weighted by Gasteiger charge is -2.36. The maximum atomic E-state index is 14.0. The second kappa shape index (κ2) is 8.39. The fourth-order valence-corrected chi connectivity index (χ4v) is 4.01. The Morgan fingerprint density at radius 3 is 2.50 bits per heavy atom. The molecule has 144 valence electrons. The highest BCUT2D eigenvalue weighted by Gasteiger charge is 2.20. The molecule has 7 heteroatoms. The molecule has 0 bridgehead atoms. The number of rotatable bonds is 5. The monoisotopic (exact) mass is 396 g/mol. The van der Waals surface area contributed by atoms with Crippen LogP contribution in [0.1, 0.15) is 4.88 Å². The summed E-state index contributed by atoms with van der Waals surface area (Å²) in [6, 6.07) is 14.6. The first-order valence-corrected chi connectivity index (χ1v) is 10.1. The largest absolute Gasteiger partial charge is 0.366 e. The molecule has 1 amide bonds. The number of nitrogens with zero attached hydrogens (tertiary/aromatic N) is 3. The lowest BCUT2D eigenvalue weighted by atomic mass is 10.2. The molecular formula is C21H21FN4OS. The van der Waals surface area contributed by atoms with Crippen LogP contribution >= 0.6 is 11.3 Å². The van der Waals surface area contributed by atoms with Gasteiger partial charge in [0.1, 0.15) is 11.6 Å². The summed E-state index contributed by atoms with van der Waals surface area (Å²) >= 11 is 1.57. The molecule has 0 radical (unpaired) electrons. The molecule has 5 nitrogen and oxygen atoms in total. The van der Waals surface area contributed by atoms with E-state index >= 15 is 0 Å². The van der Waals surface area contributed by atoms with Crippen molar-refractivity contribution in [3.8, 4) is 0 Å². The third-order valence-corrected chi connectivity index (χ3v) is 5.62. The Labute approximate surface area is 167 Å². The zero-order valence-electron chi connectivity index (χ0n) is 15.3. The normalized spacial score (nSPS) is 14.2. The fraction of sp³-hybridized carbons (Fsp3) is 0.238. The SMILES string of the molecule is O=C(Cc1cccs1)Nc1ccc(N2CCN(c3ccccc3F)CC2)nc1. The number of carbonyl (C=O) groups is 1. The molecule has 1 aliphatic rings. The third kappa shape index (κ3) is 4.31. The highest BCUT2D eigenvalue weighted by atomic mass is 32.1. The first-order valence-electron chi connectivity index (χ1n) is 9.22. The minimum atomic E-state index is -0.184. The van der Waals surface area contributed by atoms with Crippen LogP contribution in [0.2, 0.25) is 0 Å². The Hall–Kier alpha value is -2.93. The van der Waals surface area contributed by atoms with Crippen LogP contribution < -0.4 is 15.1 Å². The average molecular weight is 396 g/mol. The molecule has 0 unspecified atom stereocenters. The van der Waals surface area contributed by atoms with Gasteiger partial charge in [0.15, 0.2) is 0 Å². The van der Waals surface area contributed by atoms with E-state index in [1.165, 1.54) is 6.07 Å². The van der Waals surface area contributed by atoms with E-state index in [9.17, 15) is 9.18 Å². The Bertz CT molecular complexity index is 922. The van der Waals surface area contributed by atoms with Crippen molar-refractivity contribution in [2.75, 3.05) is 41.3 Å². The standard InChI is InChI=1S/C21H21FN4OS/c22-18-5-1-2-6-19(18)25-9-11-26(12-10-25)20-8-7-16(15-23-20)24-21(27)14-17-4-3-13-28-17/h1-8,13,15H,9-12,14H2,(H,24,27). The van der Waals surface area contributed by atoms with Gasteiger partial charge in [-0.2, -0.15) is 0 Å². The average Bonchev–Trinajstić information content (AvgIpc) is 3.22. The number of para-hydroxylation sites is 1. The highest BCUT2D eigenvalue weighted by Crippen LogP contribution is 2.22. The molecule has 2 aromatic heterocycles. The number of anilines is 3. The first kappa shape index (κ1) is 18.4. The zero-order valence-corrected chi connectivity index (χ0v) is 16.2. The van der Waals surface area contributed by atoms with Crippen LogP contribution in [0.4, 0.5) is 21.6 Å². The minimum Gasteiger partial charge on any atom is -0.366 e. The van der Waals surface area contributed by atoms with E-state index in [0.717, 1.165) is 36.9 Å². The van der Waals surface area contributed by atoms with E-state index in [1.807, 2.05) is 41.8 Å². The number of pyridine rings is 1. The van der Waals surface area contributed by atoms with Crippen molar-refractivity contribution < 1.29 is 9.18 Å². The van der Waals surface area contributed by atoms with Crippen LogP contribution in [0.5, 0.6) is 0 Å². The van der Waals surface area contributed by atoms with Crippen LogP contribution in [0.15, 0.2) is 60.1 Å². The molecular weight excluding hydrogens is 375 g/mol. The van der Waals surface area contributed by atoms with Gasteiger partial charge in [-0.05, 0) is 35.7 Å². The Kier molecular flexibility index (Phi) is 5.53. The van der Waals surface area contributed by atoms with Gasteiger partial charge in [0, 0.05) is 31.1 Å². The van der Waals surface area contributed by atoms with Crippen molar-refractivity contribution >= 4 is 34.4 Å². The van der Waals surface area contributed by atoms with Gasteiger partial charge >= 0.3 is 0 Å². The Morgan fingerprint density at radius 1 is 1.04 bits per heavy atom. The molecule has 0 saturated carbocycles. The summed E-state index contributed by atoms with van der Waals surface area (Å²) in [5.74, 6) is 0.636. The number of thiophene rings is 1. The van der Waals surface area contributed by atoms with Crippen molar-refractivity contribution in [2.24, 2.45) is 0 Å². The predicted octanol–water partition coefficient (Wildman–Crippen LogP) is 3.79. The molecule has 1 aliphatic heterocycles. The van der Waals surface area contributed by atoms with Gasteiger partial charge in [-0.25, -0.2) is 9.37 Å². The summed E-state index contributed by atoms with van der Waals surface area (Å²) in [5, 5.41) is 4.85. The smallest absolute Gasteiger partial charge is 0.229 e. The number of nitrogens with one attached hydrogen (secondary N) is 1. The van der Waals surface area contributed by atoms with E-state index < -0.39 is 0 Å². The summed E-state index contributed by atoms with van der Waals surface area (Å²) in [5.41, 5.74) is 1.34. The van der Waals surface area contributed by atoms with Crippen molar-refractivity contribution in [2.45, 2.75) is 6.42 Å². The highest BCUT2D eigenvalue weighted by molar-refractivity contribution is 7.10. The number of piperazine rings is 1. The maximum Gasteiger partial charge on any atom is 0.229 e. The summed E-state index contributed by atoms with van der Waals surface area (Å²) in [7, 11) is 0. The molecule has 1 fully saturated rings. The minimum absolute atomic E-state index is 0.0458. The summed E-state index contributed by atoms with van der Waals surface area (Å²) in [6.07, 6.45) is 2.06. The van der Waals surface area contributed by atoms with Gasteiger partial charge in [-0.1, -0.05) is 18.2 Å². The quantitative estimate of drug-likeness (QED) is 0.713. The lowest BCUT2D eigenvalue weighted by molar-refractivity contribution is -0.115. The maximum absolute atomic E-state index is 14.0. The Morgan fingerprint density at radius 2 is 1.82 bits per heavy atom. The summed E-state index contributed by atoms with van der Waals surface area (Å²) < 4.78 is 14.0. The van der Waals surface area contributed by atoms with Crippen molar-refractivity contribution in [3.63, 3.8) is 0 Å². The summed E-state index contributed by atoms with van der Waals surface area (Å²) in [4.78, 5) is 21.8. The second-order valence-corrected chi connectivity index (χ2v) is 7.67. The van der Waals surface area contributed by atoms with Gasteiger partial charge in [0.25, 0.3) is 0 Å². The molecule has 4 rings (SSSR count). The first-order chi connectivity index (χ1) is 13.7. The number of amides is 1. The third-order valence-electron chi connectivity index (χ3n) is 4.74. The molecule has 3 aromatic rings. The van der Waals surface area contributed by atoms with E-state index in [1.54, 1.807) is 23.6 Å². The summed E-state index contributed by atoms with van der Waals surface area (Å²) in [6.45, 7) is 3.01. The molecule has 3 heterocycles. The van der Waals surface area contributed by atoms with E-state index in [2.05, 4.69) is 20.1 Å². The second-order valence-electron chi connectivity index (χ2n) is 6.63. The predicted molar refractivity (Wildman–Crippen MR) is 112 cm³/mol. The number of hydrogen-bond donors (Lipinski definition) is 1. The molecule has 1 aromatic carbocycles. The van der Waals surface area contributed by atoms with Crippen LogP contribution in [0.3, 0.4) is 0 Å². The topological polar surface area (TPSA) is 48.5 Å². The van der Waals surface area contributed by atoms with Crippen LogP contribution in [0, 0.1) is 5.82 Å². The number of hydrogen-bond acceptors (Lipinski definition) is 5. The van der Waals surface area contributed by atoms with Gasteiger partial charge < -0.3 is 15.1 Å². The van der Waals surface area contributed by atoms with Gasteiger partial charge in [0.2, 0.25) is 5.91 Å². The molecule has 0 aliphatic carbocycles. The number of aromatic nitrogens is 1. The molecule has 28 heavy (non-hydrogen) atoms. The van der Waals surface area contributed by atoms with Crippen molar-refractivity contribution in [1.82, 2.24) is 4.98 Å². The lowest BCUT2D eigenvalue weighted by Crippen LogP contribution is -2.47. The van der Waals surface area contributed by atoms with Crippen molar-refractivity contribution in [1.29, 1.82) is 0 Å². The van der Waals surface area contributed by atoms with Crippen LogP contribution in [-0.4, -0.2) is 37.1 Å². The van der Waals surface area contributed by atoms with Gasteiger partial charge in [-0.15, -0.1) is 11.3 Å². The van der Waals surface area contributed by atoms with Gasteiger partial charge in [-0.3, -0.25) is 4.79 Å². The van der Waals surface area contributed by atoms with Crippen LogP contribution in [0.25, 0.3) is 0 Å². The number of benzene rings is 1. The van der Waals surface area contributed by atoms with Crippen molar-refractivity contribution in [3.05, 3.63) is 70.8 Å². The van der Waals surface area contributed by atoms with E-state index in [4.69, 9.17) is 0 Å².